The van der Waals surface area contributed by atoms with Crippen molar-refractivity contribution in [2.45, 2.75) is 20.0 Å². The highest BCUT2D eigenvalue weighted by Gasteiger charge is 2.31. The fraction of sp³-hybridized carbons (Fsp3) is 0.160. The van der Waals surface area contributed by atoms with Gasteiger partial charge in [0.25, 0.3) is 0 Å². The lowest BCUT2D eigenvalue weighted by Gasteiger charge is -2.11. The average molecular weight is 454 g/mol. The van der Waals surface area contributed by atoms with E-state index in [9.17, 15) is 23.1 Å². The van der Waals surface area contributed by atoms with Crippen LogP contribution in [0.5, 0.6) is 5.75 Å². The summed E-state index contributed by atoms with van der Waals surface area (Å²) < 4.78 is 44.9. The van der Waals surface area contributed by atoms with Gasteiger partial charge in [-0.25, -0.2) is 9.78 Å². The fourth-order valence-corrected chi connectivity index (χ4v) is 3.30. The molecule has 3 rings (SSSR count). The van der Waals surface area contributed by atoms with Crippen molar-refractivity contribution < 1.29 is 27.8 Å². The van der Waals surface area contributed by atoms with E-state index in [1.54, 1.807) is 12.2 Å². The zero-order valence-corrected chi connectivity index (χ0v) is 18.0. The first kappa shape index (κ1) is 23.7. The number of rotatable bonds is 7. The SMILES string of the molecule is C=N/C(=C\C=C(/C)c1ccccc1OCC)c1cc(C(=O)O)c2cc(C(F)(F)F)ccc2n1. The highest BCUT2D eigenvalue weighted by Crippen LogP contribution is 2.33. The summed E-state index contributed by atoms with van der Waals surface area (Å²) in [6.45, 7) is 7.80. The summed E-state index contributed by atoms with van der Waals surface area (Å²) in [5.41, 5.74) is 1.03. The van der Waals surface area contributed by atoms with E-state index in [1.165, 1.54) is 6.07 Å². The van der Waals surface area contributed by atoms with Crippen molar-refractivity contribution in [3.63, 3.8) is 0 Å². The molecule has 0 radical (unpaired) electrons. The van der Waals surface area contributed by atoms with Crippen molar-refractivity contribution in [1.82, 2.24) is 4.98 Å². The van der Waals surface area contributed by atoms with Gasteiger partial charge in [0.2, 0.25) is 0 Å². The molecule has 3 aromatic rings. The molecule has 0 saturated heterocycles. The molecule has 33 heavy (non-hydrogen) atoms. The summed E-state index contributed by atoms with van der Waals surface area (Å²) in [5, 5.41) is 9.49. The van der Waals surface area contributed by atoms with Crippen LogP contribution in [0.15, 0.2) is 65.7 Å². The van der Waals surface area contributed by atoms with E-state index in [-0.39, 0.29) is 27.9 Å². The molecule has 8 heteroatoms. The van der Waals surface area contributed by atoms with Crippen LogP contribution in [0.4, 0.5) is 13.2 Å². The number of ether oxygens (including phenoxy) is 1. The number of aromatic carboxylic acids is 1. The summed E-state index contributed by atoms with van der Waals surface area (Å²) in [7, 11) is 0. The van der Waals surface area contributed by atoms with Gasteiger partial charge in [-0.15, -0.1) is 0 Å². The standard InChI is InChI=1S/C25H21F3N2O3/c1-4-33-23-8-6-5-7-17(23)15(2)9-11-21(29-3)22-14-19(24(31)32)18-13-16(25(26,27)28)10-12-20(18)30-22/h5-14H,3-4H2,1-2H3,(H,31,32)/b15-9+,21-11-. The van der Waals surface area contributed by atoms with Crippen LogP contribution in [0.2, 0.25) is 0 Å². The molecule has 2 aromatic carbocycles. The van der Waals surface area contributed by atoms with Crippen molar-refractivity contribution in [2.75, 3.05) is 6.61 Å². The molecule has 0 fully saturated rings. The quantitative estimate of drug-likeness (QED) is 0.327. The number of carbonyl (C=O) groups is 1. The highest BCUT2D eigenvalue weighted by atomic mass is 19.4. The summed E-state index contributed by atoms with van der Waals surface area (Å²) in [5.74, 6) is -0.656. The Morgan fingerprint density at radius 2 is 1.88 bits per heavy atom. The number of halogens is 3. The minimum absolute atomic E-state index is 0.106. The number of allylic oxidation sites excluding steroid dienone is 3. The lowest BCUT2D eigenvalue weighted by Crippen LogP contribution is -2.07. The van der Waals surface area contributed by atoms with E-state index >= 15 is 0 Å². The Hall–Kier alpha value is -3.94. The Labute approximate surface area is 188 Å². The van der Waals surface area contributed by atoms with Gasteiger partial charge in [-0.1, -0.05) is 24.3 Å². The summed E-state index contributed by atoms with van der Waals surface area (Å²) in [4.78, 5) is 20.1. The maximum Gasteiger partial charge on any atom is 0.416 e. The van der Waals surface area contributed by atoms with Crippen LogP contribution in [0.25, 0.3) is 22.2 Å². The first-order valence-corrected chi connectivity index (χ1v) is 9.99. The first-order chi connectivity index (χ1) is 15.7. The Kier molecular flexibility index (Phi) is 6.96. The smallest absolute Gasteiger partial charge is 0.416 e. The summed E-state index contributed by atoms with van der Waals surface area (Å²) >= 11 is 0. The van der Waals surface area contributed by atoms with Gasteiger partial charge in [-0.2, -0.15) is 13.2 Å². The topological polar surface area (TPSA) is 71.8 Å². The molecular formula is C25H21F3N2O3. The first-order valence-electron chi connectivity index (χ1n) is 9.99. The minimum atomic E-state index is -4.60. The van der Waals surface area contributed by atoms with Crippen LogP contribution in [0.1, 0.15) is 41.0 Å². The normalized spacial score (nSPS) is 12.6. The molecule has 0 bridgehead atoms. The summed E-state index contributed by atoms with van der Waals surface area (Å²) in [6, 6.07) is 11.5. The van der Waals surface area contributed by atoms with Crippen molar-refractivity contribution in [2.24, 2.45) is 4.99 Å². The molecule has 0 aliphatic heterocycles. The zero-order valence-electron chi connectivity index (χ0n) is 18.0. The number of nitrogens with zero attached hydrogens (tertiary/aromatic N) is 2. The number of hydrogen-bond donors (Lipinski definition) is 1. The number of aromatic nitrogens is 1. The molecule has 0 aliphatic carbocycles. The Balaban J connectivity index is 2.10. The zero-order chi connectivity index (χ0) is 24.2. The van der Waals surface area contributed by atoms with Gasteiger partial charge in [0.15, 0.2) is 0 Å². The lowest BCUT2D eigenvalue weighted by atomic mass is 10.0. The Morgan fingerprint density at radius 1 is 1.15 bits per heavy atom. The number of aliphatic imine (C=N–C) groups is 1. The third kappa shape index (κ3) is 5.28. The molecule has 5 nitrogen and oxygen atoms in total. The van der Waals surface area contributed by atoms with Crippen LogP contribution < -0.4 is 4.74 Å². The van der Waals surface area contributed by atoms with E-state index in [0.29, 0.717) is 12.4 Å². The van der Waals surface area contributed by atoms with E-state index in [1.807, 2.05) is 38.1 Å². The predicted molar refractivity (Wildman–Crippen MR) is 122 cm³/mol. The second kappa shape index (κ2) is 9.68. The maximum absolute atomic E-state index is 13.1. The van der Waals surface area contributed by atoms with Gasteiger partial charge >= 0.3 is 12.1 Å². The van der Waals surface area contributed by atoms with E-state index in [4.69, 9.17) is 4.74 Å². The van der Waals surface area contributed by atoms with Gasteiger partial charge in [-0.05, 0) is 62.5 Å². The van der Waals surface area contributed by atoms with Gasteiger partial charge in [-0.3, -0.25) is 4.99 Å². The second-order valence-corrected chi connectivity index (χ2v) is 7.08. The number of fused-ring (bicyclic) bond motifs is 1. The molecule has 0 spiro atoms. The van der Waals surface area contributed by atoms with E-state index in [0.717, 1.165) is 29.3 Å². The van der Waals surface area contributed by atoms with Crippen LogP contribution in [0, 0.1) is 0 Å². The fourth-order valence-electron chi connectivity index (χ4n) is 3.30. The minimum Gasteiger partial charge on any atom is -0.493 e. The third-order valence-corrected chi connectivity index (χ3v) is 4.90. The molecule has 1 N–H and O–H groups in total. The molecule has 0 unspecified atom stereocenters. The van der Waals surface area contributed by atoms with Crippen LogP contribution in [-0.4, -0.2) is 29.4 Å². The largest absolute Gasteiger partial charge is 0.493 e. The number of carboxylic acids is 1. The van der Waals surface area contributed by atoms with Crippen molar-refractivity contribution >= 4 is 34.9 Å². The number of alkyl halides is 3. The molecule has 0 amide bonds. The number of carboxylic acid groups (broad SMARTS) is 1. The van der Waals surface area contributed by atoms with Gasteiger partial charge in [0.1, 0.15) is 5.75 Å². The van der Waals surface area contributed by atoms with Crippen LogP contribution in [0.3, 0.4) is 0 Å². The van der Waals surface area contributed by atoms with E-state index in [2.05, 4.69) is 16.7 Å². The molecule has 170 valence electrons. The third-order valence-electron chi connectivity index (χ3n) is 4.90. The van der Waals surface area contributed by atoms with Crippen molar-refractivity contribution in [1.29, 1.82) is 0 Å². The molecule has 0 saturated carbocycles. The molecule has 1 heterocycles. The second-order valence-electron chi connectivity index (χ2n) is 7.08. The lowest BCUT2D eigenvalue weighted by molar-refractivity contribution is -0.137. The van der Waals surface area contributed by atoms with E-state index < -0.39 is 17.7 Å². The monoisotopic (exact) mass is 454 g/mol. The molecule has 0 aliphatic rings. The average Bonchev–Trinajstić information content (AvgIpc) is 2.78. The van der Waals surface area contributed by atoms with Crippen LogP contribution in [-0.2, 0) is 6.18 Å². The highest BCUT2D eigenvalue weighted by molar-refractivity contribution is 6.03. The number of para-hydroxylation sites is 1. The van der Waals surface area contributed by atoms with Crippen molar-refractivity contribution in [3.8, 4) is 5.75 Å². The number of hydrogen-bond acceptors (Lipinski definition) is 4. The Morgan fingerprint density at radius 3 is 2.52 bits per heavy atom. The van der Waals surface area contributed by atoms with Gasteiger partial charge in [0, 0.05) is 10.9 Å². The van der Waals surface area contributed by atoms with Gasteiger partial charge in [0.05, 0.1) is 34.6 Å². The van der Waals surface area contributed by atoms with Gasteiger partial charge < -0.3 is 9.84 Å². The molecule has 0 atom stereocenters. The maximum atomic E-state index is 13.1. The van der Waals surface area contributed by atoms with Crippen LogP contribution >= 0.6 is 0 Å². The number of pyridine rings is 1. The van der Waals surface area contributed by atoms with Crippen molar-refractivity contribution in [3.05, 3.63) is 83.1 Å². The predicted octanol–water partition coefficient (Wildman–Crippen LogP) is 6.50. The number of benzene rings is 2. The molecule has 1 aromatic heterocycles. The summed E-state index contributed by atoms with van der Waals surface area (Å²) in [6.07, 6.45) is -1.22. The Bertz CT molecular complexity index is 1280. The molecular weight excluding hydrogens is 433 g/mol.